The van der Waals surface area contributed by atoms with Crippen molar-refractivity contribution in [1.82, 2.24) is 4.90 Å². The standard InChI is InChI=1S/C18H23NO4/c1-22-15-5-6-16-13(10-18(21)23-17(16)11-15)12-19-8-3-2-4-14(19)7-9-20/h5-6,10-11,14,20H,2-4,7-9,12H2,1H3/t14-/m1/s1. The minimum atomic E-state index is -0.337. The van der Waals surface area contributed by atoms with Gasteiger partial charge in [0.05, 0.1) is 7.11 Å². The molecule has 2 aromatic rings. The third kappa shape index (κ3) is 3.57. The number of ether oxygens (including phenoxy) is 1. The maximum atomic E-state index is 11.9. The zero-order chi connectivity index (χ0) is 16.2. The summed E-state index contributed by atoms with van der Waals surface area (Å²) in [5.74, 6) is 0.675. The normalized spacial score (nSPS) is 19.1. The van der Waals surface area contributed by atoms with Gasteiger partial charge in [-0.1, -0.05) is 6.42 Å². The van der Waals surface area contributed by atoms with Crippen LogP contribution in [0, 0.1) is 0 Å². The van der Waals surface area contributed by atoms with Gasteiger partial charge in [-0.15, -0.1) is 0 Å². The summed E-state index contributed by atoms with van der Waals surface area (Å²) in [6.07, 6.45) is 4.26. The molecular weight excluding hydrogens is 294 g/mol. The highest BCUT2D eigenvalue weighted by Gasteiger charge is 2.23. The Balaban J connectivity index is 1.93. The molecule has 0 unspecified atom stereocenters. The number of hydrogen-bond acceptors (Lipinski definition) is 5. The third-order valence-electron chi connectivity index (χ3n) is 4.62. The number of aliphatic hydroxyl groups excluding tert-OH is 1. The Labute approximate surface area is 135 Å². The van der Waals surface area contributed by atoms with E-state index in [-0.39, 0.29) is 12.2 Å². The Morgan fingerprint density at radius 1 is 1.35 bits per heavy atom. The second kappa shape index (κ2) is 7.15. The number of likely N-dealkylation sites (tertiary alicyclic amines) is 1. The molecule has 2 heterocycles. The Morgan fingerprint density at radius 2 is 2.22 bits per heavy atom. The smallest absolute Gasteiger partial charge is 0.336 e. The summed E-state index contributed by atoms with van der Waals surface area (Å²) in [6, 6.07) is 7.54. The van der Waals surface area contributed by atoms with E-state index in [1.165, 1.54) is 6.42 Å². The molecule has 1 atom stereocenters. The van der Waals surface area contributed by atoms with Crippen molar-refractivity contribution in [3.63, 3.8) is 0 Å². The summed E-state index contributed by atoms with van der Waals surface area (Å²) in [7, 11) is 1.59. The van der Waals surface area contributed by atoms with Gasteiger partial charge >= 0.3 is 5.63 Å². The molecule has 124 valence electrons. The van der Waals surface area contributed by atoms with Gasteiger partial charge in [-0.25, -0.2) is 4.79 Å². The molecule has 1 aliphatic rings. The van der Waals surface area contributed by atoms with Gasteiger partial charge in [-0.2, -0.15) is 0 Å². The molecule has 5 heteroatoms. The number of methoxy groups -OCH3 is 1. The molecule has 0 spiro atoms. The average molecular weight is 317 g/mol. The molecule has 0 bridgehead atoms. The molecule has 3 rings (SSSR count). The summed E-state index contributed by atoms with van der Waals surface area (Å²) in [4.78, 5) is 14.3. The van der Waals surface area contributed by atoms with Crippen LogP contribution in [0.2, 0.25) is 0 Å². The van der Waals surface area contributed by atoms with Gasteiger partial charge in [0.2, 0.25) is 0 Å². The highest BCUT2D eigenvalue weighted by molar-refractivity contribution is 5.81. The lowest BCUT2D eigenvalue weighted by Gasteiger charge is -2.35. The van der Waals surface area contributed by atoms with Crippen LogP contribution in [0.5, 0.6) is 5.75 Å². The molecular formula is C18H23NO4. The minimum absolute atomic E-state index is 0.204. The largest absolute Gasteiger partial charge is 0.497 e. The number of benzene rings is 1. The second-order valence-electron chi connectivity index (χ2n) is 6.09. The highest BCUT2D eigenvalue weighted by atomic mass is 16.5. The first kappa shape index (κ1) is 16.0. The number of piperidine rings is 1. The maximum Gasteiger partial charge on any atom is 0.336 e. The number of hydrogen-bond donors (Lipinski definition) is 1. The number of fused-ring (bicyclic) bond motifs is 1. The van der Waals surface area contributed by atoms with Crippen molar-refractivity contribution >= 4 is 11.0 Å². The molecule has 1 aromatic heterocycles. The van der Waals surface area contributed by atoms with Crippen molar-refractivity contribution in [3.8, 4) is 5.75 Å². The highest BCUT2D eigenvalue weighted by Crippen LogP contribution is 2.26. The zero-order valence-corrected chi connectivity index (χ0v) is 13.5. The van der Waals surface area contributed by atoms with Gasteiger partial charge < -0.3 is 14.3 Å². The van der Waals surface area contributed by atoms with E-state index >= 15 is 0 Å². The first-order valence-corrected chi connectivity index (χ1v) is 8.17. The van der Waals surface area contributed by atoms with Crippen LogP contribution < -0.4 is 10.4 Å². The van der Waals surface area contributed by atoms with Gasteiger partial charge in [-0.05, 0) is 43.5 Å². The molecule has 0 amide bonds. The predicted octanol–water partition coefficient (Wildman–Crippen LogP) is 2.54. The van der Waals surface area contributed by atoms with Crippen molar-refractivity contribution in [2.45, 2.75) is 38.3 Å². The van der Waals surface area contributed by atoms with Gasteiger partial charge in [-0.3, -0.25) is 4.90 Å². The van der Waals surface area contributed by atoms with Crippen LogP contribution in [-0.4, -0.2) is 36.3 Å². The van der Waals surface area contributed by atoms with Crippen molar-refractivity contribution in [2.75, 3.05) is 20.3 Å². The molecule has 23 heavy (non-hydrogen) atoms. The van der Waals surface area contributed by atoms with Crippen molar-refractivity contribution in [1.29, 1.82) is 0 Å². The predicted molar refractivity (Wildman–Crippen MR) is 88.8 cm³/mol. The SMILES string of the molecule is COc1ccc2c(CN3CCCC[C@@H]3CCO)cc(=O)oc2c1. The maximum absolute atomic E-state index is 11.9. The Hall–Kier alpha value is -1.85. The molecule has 5 nitrogen and oxygen atoms in total. The van der Waals surface area contributed by atoms with E-state index in [1.807, 2.05) is 12.1 Å². The zero-order valence-electron chi connectivity index (χ0n) is 13.5. The van der Waals surface area contributed by atoms with Crippen LogP contribution >= 0.6 is 0 Å². The van der Waals surface area contributed by atoms with E-state index in [1.54, 1.807) is 19.2 Å². The lowest BCUT2D eigenvalue weighted by Crippen LogP contribution is -2.39. The average Bonchev–Trinajstić information content (AvgIpc) is 2.56. The van der Waals surface area contributed by atoms with E-state index in [0.29, 0.717) is 23.9 Å². The van der Waals surface area contributed by atoms with Crippen molar-refractivity contribution < 1.29 is 14.3 Å². The molecule has 1 saturated heterocycles. The van der Waals surface area contributed by atoms with Crippen LogP contribution in [0.1, 0.15) is 31.2 Å². The summed E-state index contributed by atoms with van der Waals surface area (Å²) < 4.78 is 10.5. The van der Waals surface area contributed by atoms with Crippen molar-refractivity contribution in [2.24, 2.45) is 0 Å². The minimum Gasteiger partial charge on any atom is -0.497 e. The Bertz CT molecular complexity index is 723. The van der Waals surface area contributed by atoms with Crippen LogP contribution in [0.3, 0.4) is 0 Å². The monoisotopic (exact) mass is 317 g/mol. The van der Waals surface area contributed by atoms with E-state index in [2.05, 4.69) is 4.90 Å². The van der Waals surface area contributed by atoms with Gasteiger partial charge in [0.1, 0.15) is 11.3 Å². The first-order chi connectivity index (χ1) is 11.2. The Kier molecular flexibility index (Phi) is 4.98. The van der Waals surface area contributed by atoms with Crippen LogP contribution in [-0.2, 0) is 6.54 Å². The fraction of sp³-hybridized carbons (Fsp3) is 0.500. The molecule has 0 saturated carbocycles. The summed E-state index contributed by atoms with van der Waals surface area (Å²) in [5.41, 5.74) is 1.20. The molecule has 1 aromatic carbocycles. The molecule has 1 fully saturated rings. The quantitative estimate of drug-likeness (QED) is 0.859. The first-order valence-electron chi connectivity index (χ1n) is 8.17. The molecule has 0 aliphatic carbocycles. The van der Waals surface area contributed by atoms with Crippen LogP contribution in [0.25, 0.3) is 11.0 Å². The fourth-order valence-electron chi connectivity index (χ4n) is 3.43. The summed E-state index contributed by atoms with van der Waals surface area (Å²) >= 11 is 0. The van der Waals surface area contributed by atoms with Gasteiger partial charge in [0, 0.05) is 36.7 Å². The fourth-order valence-corrected chi connectivity index (χ4v) is 3.43. The topological polar surface area (TPSA) is 62.9 Å². The number of rotatable bonds is 5. The molecule has 1 aliphatic heterocycles. The van der Waals surface area contributed by atoms with Crippen LogP contribution in [0.4, 0.5) is 0 Å². The van der Waals surface area contributed by atoms with Crippen molar-refractivity contribution in [3.05, 3.63) is 40.2 Å². The summed E-state index contributed by atoms with van der Waals surface area (Å²) in [6.45, 7) is 1.91. The van der Waals surface area contributed by atoms with Gasteiger partial charge in [0.25, 0.3) is 0 Å². The van der Waals surface area contributed by atoms with E-state index < -0.39 is 0 Å². The lowest BCUT2D eigenvalue weighted by molar-refractivity contribution is 0.113. The van der Waals surface area contributed by atoms with E-state index in [4.69, 9.17) is 9.15 Å². The number of aliphatic hydroxyl groups is 1. The second-order valence-corrected chi connectivity index (χ2v) is 6.09. The summed E-state index contributed by atoms with van der Waals surface area (Å²) in [5, 5.41) is 10.2. The lowest BCUT2D eigenvalue weighted by atomic mass is 9.98. The molecule has 1 N–H and O–H groups in total. The Morgan fingerprint density at radius 3 is 3.00 bits per heavy atom. The third-order valence-corrected chi connectivity index (χ3v) is 4.62. The molecule has 0 radical (unpaired) electrons. The van der Waals surface area contributed by atoms with Crippen LogP contribution in [0.15, 0.2) is 33.5 Å². The van der Waals surface area contributed by atoms with E-state index in [0.717, 1.165) is 36.8 Å². The van der Waals surface area contributed by atoms with Gasteiger partial charge in [0.15, 0.2) is 0 Å². The number of nitrogens with zero attached hydrogens (tertiary/aromatic N) is 1. The van der Waals surface area contributed by atoms with E-state index in [9.17, 15) is 9.90 Å².